The maximum Gasteiger partial charge on any atom is 0.248 e. The van der Waals surface area contributed by atoms with Crippen LogP contribution in [0.3, 0.4) is 0 Å². The van der Waals surface area contributed by atoms with E-state index in [4.69, 9.17) is 9.47 Å². The van der Waals surface area contributed by atoms with Crippen molar-refractivity contribution in [2.75, 3.05) is 19.1 Å². The zero-order valence-corrected chi connectivity index (χ0v) is 21.4. The molecule has 0 saturated heterocycles. The molecule has 1 N–H and O–H groups in total. The predicted octanol–water partition coefficient (Wildman–Crippen LogP) is 5.67. The van der Waals surface area contributed by atoms with E-state index in [0.29, 0.717) is 22.7 Å². The van der Waals surface area contributed by atoms with Crippen molar-refractivity contribution in [2.24, 2.45) is 0 Å². The van der Waals surface area contributed by atoms with E-state index in [9.17, 15) is 14.0 Å². The molecule has 0 aliphatic heterocycles. The van der Waals surface area contributed by atoms with Crippen molar-refractivity contribution in [2.45, 2.75) is 50.6 Å². The molecule has 0 spiro atoms. The summed E-state index contributed by atoms with van der Waals surface area (Å²) in [6.07, 6.45) is 5.17. The fourth-order valence-corrected chi connectivity index (χ4v) is 5.31. The van der Waals surface area contributed by atoms with Gasteiger partial charge in [0.15, 0.2) is 0 Å². The summed E-state index contributed by atoms with van der Waals surface area (Å²) >= 11 is 1.50. The van der Waals surface area contributed by atoms with E-state index in [-0.39, 0.29) is 24.3 Å². The van der Waals surface area contributed by atoms with Crippen molar-refractivity contribution < 1.29 is 23.5 Å². The Bertz CT molecular complexity index is 1160. The lowest BCUT2D eigenvalue weighted by atomic mass is 9.94. The largest absolute Gasteiger partial charge is 0.497 e. The molecule has 1 aromatic heterocycles. The SMILES string of the molecule is COc1ccc(N(C(=O)Cc2ccsc2)[C@H](C(=O)NC2CCCCC2)c2ccc(F)cc2)c(OC)c1. The number of nitrogens with zero attached hydrogens (tertiary/aromatic N) is 1. The molecule has 190 valence electrons. The lowest BCUT2D eigenvalue weighted by molar-refractivity contribution is -0.127. The van der Waals surface area contributed by atoms with Crippen molar-refractivity contribution in [3.8, 4) is 11.5 Å². The van der Waals surface area contributed by atoms with Crippen LogP contribution in [0.2, 0.25) is 0 Å². The van der Waals surface area contributed by atoms with Gasteiger partial charge in [0, 0.05) is 12.1 Å². The molecule has 3 aromatic rings. The Hall–Kier alpha value is -3.39. The molecule has 2 amide bonds. The van der Waals surface area contributed by atoms with E-state index in [1.54, 1.807) is 37.4 Å². The first kappa shape index (κ1) is 25.7. The first-order valence-corrected chi connectivity index (χ1v) is 13.1. The van der Waals surface area contributed by atoms with Crippen molar-refractivity contribution in [3.05, 3.63) is 76.2 Å². The topological polar surface area (TPSA) is 67.9 Å². The van der Waals surface area contributed by atoms with Gasteiger partial charge in [0.25, 0.3) is 0 Å². The monoisotopic (exact) mass is 510 g/mol. The van der Waals surface area contributed by atoms with Crippen LogP contribution in [0.4, 0.5) is 10.1 Å². The number of hydrogen-bond acceptors (Lipinski definition) is 5. The standard InChI is InChI=1S/C28H31FN2O4S/c1-34-23-12-13-24(25(17-23)35-2)31(26(32)16-19-14-15-36-18-19)27(20-8-10-21(29)11-9-20)28(33)30-22-6-4-3-5-7-22/h8-15,17-18,22,27H,3-7,16H2,1-2H3,(H,30,33)/t27-/m0/s1. The van der Waals surface area contributed by atoms with Crippen molar-refractivity contribution in [3.63, 3.8) is 0 Å². The third-order valence-electron chi connectivity index (χ3n) is 6.49. The molecule has 8 heteroatoms. The number of nitrogens with one attached hydrogen (secondary N) is 1. The summed E-state index contributed by atoms with van der Waals surface area (Å²) < 4.78 is 24.8. The van der Waals surface area contributed by atoms with Gasteiger partial charge in [-0.25, -0.2) is 4.39 Å². The summed E-state index contributed by atoms with van der Waals surface area (Å²) in [6.45, 7) is 0. The fourth-order valence-electron chi connectivity index (χ4n) is 4.64. The number of benzene rings is 2. The summed E-state index contributed by atoms with van der Waals surface area (Å²) in [6, 6.07) is 11.8. The van der Waals surface area contributed by atoms with Crippen LogP contribution in [0.25, 0.3) is 0 Å². The van der Waals surface area contributed by atoms with Gasteiger partial charge in [-0.05, 0) is 65.1 Å². The normalized spacial score (nSPS) is 14.6. The smallest absolute Gasteiger partial charge is 0.248 e. The van der Waals surface area contributed by atoms with E-state index >= 15 is 0 Å². The summed E-state index contributed by atoms with van der Waals surface area (Å²) in [7, 11) is 3.06. The van der Waals surface area contributed by atoms with Gasteiger partial charge in [0.05, 0.1) is 26.3 Å². The number of carbonyl (C=O) groups excluding carboxylic acids is 2. The van der Waals surface area contributed by atoms with Crippen molar-refractivity contribution in [1.29, 1.82) is 0 Å². The lowest BCUT2D eigenvalue weighted by Gasteiger charge is -2.34. The van der Waals surface area contributed by atoms with E-state index < -0.39 is 11.9 Å². The number of amides is 2. The van der Waals surface area contributed by atoms with Crippen LogP contribution in [-0.2, 0) is 16.0 Å². The van der Waals surface area contributed by atoms with Crippen LogP contribution in [0.1, 0.15) is 49.3 Å². The Morgan fingerprint density at radius 2 is 1.81 bits per heavy atom. The molecule has 0 unspecified atom stereocenters. The highest BCUT2D eigenvalue weighted by molar-refractivity contribution is 7.08. The van der Waals surface area contributed by atoms with Crippen LogP contribution in [0, 0.1) is 5.82 Å². The number of halogens is 1. The number of thiophene rings is 1. The minimum Gasteiger partial charge on any atom is -0.497 e. The molecule has 2 aromatic carbocycles. The third kappa shape index (κ3) is 6.05. The number of anilines is 1. The molecule has 1 saturated carbocycles. The minimum absolute atomic E-state index is 0.0424. The molecule has 36 heavy (non-hydrogen) atoms. The predicted molar refractivity (Wildman–Crippen MR) is 139 cm³/mol. The second-order valence-corrected chi connectivity index (χ2v) is 9.69. The molecular weight excluding hydrogens is 479 g/mol. The summed E-state index contributed by atoms with van der Waals surface area (Å²) in [5.74, 6) is -0.0326. The quantitative estimate of drug-likeness (QED) is 0.403. The minimum atomic E-state index is -1.01. The number of methoxy groups -OCH3 is 2. The molecular formula is C28H31FN2O4S. The molecule has 1 atom stereocenters. The van der Waals surface area contributed by atoms with E-state index in [2.05, 4.69) is 5.32 Å². The molecule has 0 radical (unpaired) electrons. The molecule has 4 rings (SSSR count). The van der Waals surface area contributed by atoms with Gasteiger partial charge in [0.2, 0.25) is 11.8 Å². The fraction of sp³-hybridized carbons (Fsp3) is 0.357. The van der Waals surface area contributed by atoms with Gasteiger partial charge in [-0.3, -0.25) is 14.5 Å². The van der Waals surface area contributed by atoms with Crippen LogP contribution >= 0.6 is 11.3 Å². The second-order valence-electron chi connectivity index (χ2n) is 8.91. The summed E-state index contributed by atoms with van der Waals surface area (Å²) in [5, 5.41) is 6.99. The van der Waals surface area contributed by atoms with Crippen LogP contribution in [0.5, 0.6) is 11.5 Å². The highest BCUT2D eigenvalue weighted by atomic mass is 32.1. The van der Waals surface area contributed by atoms with Gasteiger partial charge in [-0.15, -0.1) is 0 Å². The van der Waals surface area contributed by atoms with Crippen LogP contribution in [-0.4, -0.2) is 32.1 Å². The van der Waals surface area contributed by atoms with Crippen molar-refractivity contribution in [1.82, 2.24) is 5.32 Å². The maximum absolute atomic E-state index is 13.9. The van der Waals surface area contributed by atoms with Gasteiger partial charge in [-0.2, -0.15) is 11.3 Å². The summed E-state index contributed by atoms with van der Waals surface area (Å²) in [4.78, 5) is 29.3. The Kier molecular flexibility index (Phi) is 8.59. The maximum atomic E-state index is 13.9. The molecule has 0 bridgehead atoms. The molecule has 1 heterocycles. The zero-order valence-electron chi connectivity index (χ0n) is 20.5. The molecule has 6 nitrogen and oxygen atoms in total. The Balaban J connectivity index is 1.80. The average molecular weight is 511 g/mol. The zero-order chi connectivity index (χ0) is 25.5. The van der Waals surface area contributed by atoms with Crippen LogP contribution < -0.4 is 19.7 Å². The van der Waals surface area contributed by atoms with Gasteiger partial charge in [-0.1, -0.05) is 31.4 Å². The summed E-state index contributed by atoms with van der Waals surface area (Å²) in [5.41, 5.74) is 1.81. The molecule has 1 fully saturated rings. The van der Waals surface area contributed by atoms with Crippen LogP contribution in [0.15, 0.2) is 59.3 Å². The average Bonchev–Trinajstić information content (AvgIpc) is 3.41. The van der Waals surface area contributed by atoms with Gasteiger partial charge >= 0.3 is 0 Å². The first-order chi connectivity index (χ1) is 17.5. The van der Waals surface area contributed by atoms with Gasteiger partial charge in [0.1, 0.15) is 23.4 Å². The third-order valence-corrected chi connectivity index (χ3v) is 7.23. The van der Waals surface area contributed by atoms with Gasteiger partial charge < -0.3 is 14.8 Å². The molecule has 1 aliphatic rings. The Morgan fingerprint density at radius 3 is 2.44 bits per heavy atom. The Morgan fingerprint density at radius 1 is 1.06 bits per heavy atom. The number of rotatable bonds is 9. The lowest BCUT2D eigenvalue weighted by Crippen LogP contribution is -2.47. The Labute approximate surface area is 215 Å². The van der Waals surface area contributed by atoms with E-state index in [1.165, 1.54) is 35.5 Å². The number of hydrogen-bond donors (Lipinski definition) is 1. The number of carbonyl (C=O) groups is 2. The molecule has 1 aliphatic carbocycles. The van der Waals surface area contributed by atoms with E-state index in [1.807, 2.05) is 16.8 Å². The highest BCUT2D eigenvalue weighted by Crippen LogP contribution is 2.38. The first-order valence-electron chi connectivity index (χ1n) is 12.1. The van der Waals surface area contributed by atoms with E-state index in [0.717, 1.165) is 37.7 Å². The second kappa shape index (κ2) is 12.0. The number of ether oxygens (including phenoxy) is 2. The van der Waals surface area contributed by atoms with Crippen molar-refractivity contribution >= 4 is 28.8 Å². The highest BCUT2D eigenvalue weighted by Gasteiger charge is 2.35.